The van der Waals surface area contributed by atoms with Gasteiger partial charge in [-0.1, -0.05) is 35.9 Å². The van der Waals surface area contributed by atoms with E-state index < -0.39 is 11.7 Å². The van der Waals surface area contributed by atoms with E-state index >= 15 is 0 Å². The number of hydrogen-bond acceptors (Lipinski definition) is 5. The Morgan fingerprint density at radius 2 is 1.76 bits per heavy atom. The van der Waals surface area contributed by atoms with Gasteiger partial charge in [0.1, 0.15) is 0 Å². The summed E-state index contributed by atoms with van der Waals surface area (Å²) in [4.78, 5) is 25.0. The lowest BCUT2D eigenvalue weighted by molar-refractivity contribution is -0.137. The minimum absolute atomic E-state index is 0.166. The number of rotatable bonds is 6. The van der Waals surface area contributed by atoms with Crippen LogP contribution in [0.4, 0.5) is 24.8 Å². The molecule has 0 bridgehead atoms. The molecule has 0 aliphatic carbocycles. The number of hydrogen-bond donors (Lipinski definition) is 2. The summed E-state index contributed by atoms with van der Waals surface area (Å²) >= 11 is 7.57. The van der Waals surface area contributed by atoms with E-state index in [0.29, 0.717) is 33.5 Å². The molecule has 0 radical (unpaired) electrons. The van der Waals surface area contributed by atoms with Gasteiger partial charge in [-0.25, -0.2) is 9.97 Å². The second kappa shape index (κ2) is 10.3. The quantitative estimate of drug-likeness (QED) is 0.217. The molecule has 0 aliphatic heterocycles. The van der Waals surface area contributed by atoms with Crippen LogP contribution in [0.25, 0.3) is 22.2 Å². The predicted molar refractivity (Wildman–Crippen MR) is 141 cm³/mol. The average Bonchev–Trinajstić information content (AvgIpc) is 2.88. The van der Waals surface area contributed by atoms with Gasteiger partial charge in [-0.2, -0.15) is 13.2 Å². The lowest BCUT2D eigenvalue weighted by atomic mass is 10.1. The highest BCUT2D eigenvalue weighted by molar-refractivity contribution is 7.98. The standard InChI is InChI=1S/C27H18ClF3N4OS/c28-20-9-10-21-17(14-20)13-18(25(36)33-21)15-37-24-4-2-1-3-23(24)35-26-32-12-11-22(34-26)16-5-7-19(8-6-16)27(29,30)31/h1-14H,15H2,(H,33,36)(H,32,34,35). The molecule has 10 heteroatoms. The molecular formula is C27H18ClF3N4OS. The first-order valence-electron chi connectivity index (χ1n) is 11.1. The van der Waals surface area contributed by atoms with Gasteiger partial charge in [0.25, 0.3) is 5.56 Å². The van der Waals surface area contributed by atoms with E-state index in [0.717, 1.165) is 33.6 Å². The molecule has 0 amide bonds. The van der Waals surface area contributed by atoms with Gasteiger partial charge in [0.2, 0.25) is 5.95 Å². The fourth-order valence-electron chi connectivity index (χ4n) is 3.71. The van der Waals surface area contributed by atoms with Gasteiger partial charge in [0.15, 0.2) is 0 Å². The van der Waals surface area contributed by atoms with Crippen LogP contribution in [-0.2, 0) is 11.9 Å². The zero-order chi connectivity index (χ0) is 26.0. The number of para-hydroxylation sites is 1. The molecule has 0 unspecified atom stereocenters. The zero-order valence-electron chi connectivity index (χ0n) is 19.0. The largest absolute Gasteiger partial charge is 0.416 e. The summed E-state index contributed by atoms with van der Waals surface area (Å²) in [7, 11) is 0. The van der Waals surface area contributed by atoms with Crippen LogP contribution in [0.1, 0.15) is 11.1 Å². The number of fused-ring (bicyclic) bond motifs is 1. The van der Waals surface area contributed by atoms with Gasteiger partial charge in [-0.05, 0) is 60.0 Å². The van der Waals surface area contributed by atoms with E-state index in [9.17, 15) is 18.0 Å². The fraction of sp³-hybridized carbons (Fsp3) is 0.0741. The molecule has 186 valence electrons. The maximum atomic E-state index is 12.9. The van der Waals surface area contributed by atoms with Crippen LogP contribution in [-0.4, -0.2) is 15.0 Å². The summed E-state index contributed by atoms with van der Waals surface area (Å²) in [6.45, 7) is 0. The Bertz CT molecular complexity index is 1640. The first kappa shape index (κ1) is 24.9. The van der Waals surface area contributed by atoms with E-state index in [1.807, 2.05) is 30.3 Å². The molecule has 0 atom stereocenters. The third-order valence-corrected chi connectivity index (χ3v) is 6.92. The van der Waals surface area contributed by atoms with E-state index in [1.54, 1.807) is 24.3 Å². The van der Waals surface area contributed by atoms with Gasteiger partial charge in [-0.15, -0.1) is 11.8 Å². The summed E-state index contributed by atoms with van der Waals surface area (Å²) < 4.78 is 38.6. The Hall–Kier alpha value is -3.82. The number of pyridine rings is 1. The van der Waals surface area contributed by atoms with Crippen LogP contribution in [0.15, 0.2) is 94.7 Å². The third-order valence-electron chi connectivity index (χ3n) is 5.56. The SMILES string of the molecule is O=c1[nH]c2ccc(Cl)cc2cc1CSc1ccccc1Nc1nccc(-c2ccc(C(F)(F)F)cc2)n1. The van der Waals surface area contributed by atoms with Crippen molar-refractivity contribution in [3.05, 3.63) is 112 Å². The molecule has 5 aromatic rings. The average molecular weight is 539 g/mol. The second-order valence-electron chi connectivity index (χ2n) is 8.11. The van der Waals surface area contributed by atoms with Gasteiger partial charge >= 0.3 is 6.18 Å². The molecule has 0 spiro atoms. The molecule has 0 fully saturated rings. The lowest BCUT2D eigenvalue weighted by Crippen LogP contribution is -2.11. The van der Waals surface area contributed by atoms with Crippen molar-refractivity contribution in [2.75, 3.05) is 5.32 Å². The fourth-order valence-corrected chi connectivity index (χ4v) is 4.87. The Kier molecular flexibility index (Phi) is 6.90. The number of thioether (sulfide) groups is 1. The molecule has 0 saturated carbocycles. The number of halogens is 4. The Balaban J connectivity index is 1.35. The molecule has 2 aromatic heterocycles. The van der Waals surface area contributed by atoms with Crippen LogP contribution in [0.3, 0.4) is 0 Å². The number of anilines is 2. The van der Waals surface area contributed by atoms with Gasteiger partial charge in [0.05, 0.1) is 16.9 Å². The number of nitrogens with one attached hydrogen (secondary N) is 2. The first-order chi connectivity index (χ1) is 17.8. The van der Waals surface area contributed by atoms with Crippen LogP contribution >= 0.6 is 23.4 Å². The maximum absolute atomic E-state index is 12.9. The van der Waals surface area contributed by atoms with Crippen molar-refractivity contribution in [1.82, 2.24) is 15.0 Å². The summed E-state index contributed by atoms with van der Waals surface area (Å²) in [6, 6.07) is 21.1. The molecule has 0 aliphatic rings. The highest BCUT2D eigenvalue weighted by atomic mass is 35.5. The molecule has 5 rings (SSSR count). The molecule has 5 nitrogen and oxygen atoms in total. The first-order valence-corrected chi connectivity index (χ1v) is 12.4. The van der Waals surface area contributed by atoms with E-state index in [1.165, 1.54) is 30.1 Å². The Morgan fingerprint density at radius 3 is 2.54 bits per heavy atom. The van der Waals surface area contributed by atoms with Crippen molar-refractivity contribution in [2.45, 2.75) is 16.8 Å². The van der Waals surface area contributed by atoms with E-state index in [-0.39, 0.29) is 5.56 Å². The second-order valence-corrected chi connectivity index (χ2v) is 9.56. The monoisotopic (exact) mass is 538 g/mol. The molecule has 3 aromatic carbocycles. The van der Waals surface area contributed by atoms with Crippen LogP contribution < -0.4 is 10.9 Å². The van der Waals surface area contributed by atoms with Crippen molar-refractivity contribution in [3.63, 3.8) is 0 Å². The van der Waals surface area contributed by atoms with Crippen molar-refractivity contribution in [1.29, 1.82) is 0 Å². The van der Waals surface area contributed by atoms with Gasteiger partial charge in [0, 0.05) is 38.5 Å². The van der Waals surface area contributed by atoms with Crippen molar-refractivity contribution >= 4 is 45.9 Å². The molecule has 0 saturated heterocycles. The van der Waals surface area contributed by atoms with Crippen LogP contribution in [0, 0.1) is 0 Å². The summed E-state index contributed by atoms with van der Waals surface area (Å²) in [5.41, 5.74) is 2.19. The van der Waals surface area contributed by atoms with Crippen LogP contribution in [0.5, 0.6) is 0 Å². The number of H-pyrrole nitrogens is 1. The van der Waals surface area contributed by atoms with E-state index in [2.05, 4.69) is 20.3 Å². The Morgan fingerprint density at radius 1 is 0.973 bits per heavy atom. The van der Waals surface area contributed by atoms with Crippen molar-refractivity contribution < 1.29 is 13.2 Å². The topological polar surface area (TPSA) is 70.7 Å². The third kappa shape index (κ3) is 5.79. The lowest BCUT2D eigenvalue weighted by Gasteiger charge is -2.12. The number of nitrogens with zero attached hydrogens (tertiary/aromatic N) is 2. The smallest absolute Gasteiger partial charge is 0.323 e. The molecule has 2 heterocycles. The minimum atomic E-state index is -4.40. The highest BCUT2D eigenvalue weighted by Gasteiger charge is 2.30. The van der Waals surface area contributed by atoms with Crippen molar-refractivity contribution in [3.8, 4) is 11.3 Å². The zero-order valence-corrected chi connectivity index (χ0v) is 20.6. The van der Waals surface area contributed by atoms with Gasteiger partial charge < -0.3 is 10.3 Å². The summed E-state index contributed by atoms with van der Waals surface area (Å²) in [6.07, 6.45) is -2.86. The highest BCUT2D eigenvalue weighted by Crippen LogP contribution is 2.33. The van der Waals surface area contributed by atoms with Gasteiger partial charge in [-0.3, -0.25) is 4.79 Å². The molecule has 37 heavy (non-hydrogen) atoms. The number of benzene rings is 3. The predicted octanol–water partition coefficient (Wildman–Crippen LogP) is 7.69. The minimum Gasteiger partial charge on any atom is -0.323 e. The number of aromatic amines is 1. The Labute approximate surface area is 218 Å². The van der Waals surface area contributed by atoms with Crippen molar-refractivity contribution in [2.24, 2.45) is 0 Å². The number of aromatic nitrogens is 3. The van der Waals surface area contributed by atoms with E-state index in [4.69, 9.17) is 11.6 Å². The maximum Gasteiger partial charge on any atom is 0.416 e. The molecular weight excluding hydrogens is 521 g/mol. The normalized spacial score (nSPS) is 11.6. The number of alkyl halides is 3. The molecule has 2 N–H and O–H groups in total. The summed E-state index contributed by atoms with van der Waals surface area (Å²) in [5.74, 6) is 0.715. The summed E-state index contributed by atoms with van der Waals surface area (Å²) in [5, 5.41) is 4.62. The van der Waals surface area contributed by atoms with Crippen LogP contribution in [0.2, 0.25) is 5.02 Å².